The Morgan fingerprint density at radius 1 is 1.00 bits per heavy atom. The third-order valence-electron chi connectivity index (χ3n) is 6.25. The first-order valence-electron chi connectivity index (χ1n) is 11.9. The standard InChI is InChI=1S/C26H36N4O2.HI/c1-2-27-26(30-13-12-25(19-30)29-14-16-31-17-15-29)28-18-23-10-6-7-11-24(23)21-32-20-22-8-4-3-5-9-22;/h3-11,25H,2,12-21H2,1H3,(H,27,28);1H. The minimum atomic E-state index is 0. The molecule has 2 heterocycles. The van der Waals surface area contributed by atoms with Crippen LogP contribution in [0, 0.1) is 0 Å². The van der Waals surface area contributed by atoms with Crippen LogP contribution in [0.3, 0.4) is 0 Å². The van der Waals surface area contributed by atoms with Gasteiger partial charge in [-0.25, -0.2) is 4.99 Å². The highest BCUT2D eigenvalue weighted by Gasteiger charge is 2.30. The molecule has 33 heavy (non-hydrogen) atoms. The Morgan fingerprint density at radius 2 is 1.73 bits per heavy atom. The molecular formula is C26H37IN4O2. The van der Waals surface area contributed by atoms with Crippen LogP contribution in [-0.4, -0.2) is 67.7 Å². The van der Waals surface area contributed by atoms with Crippen molar-refractivity contribution >= 4 is 29.9 Å². The molecule has 0 saturated carbocycles. The van der Waals surface area contributed by atoms with Gasteiger partial charge in [0.15, 0.2) is 5.96 Å². The van der Waals surface area contributed by atoms with E-state index < -0.39 is 0 Å². The highest BCUT2D eigenvalue weighted by molar-refractivity contribution is 14.0. The molecule has 6 nitrogen and oxygen atoms in total. The normalized spacial score (nSPS) is 19.4. The van der Waals surface area contributed by atoms with Crippen molar-refractivity contribution in [3.05, 3.63) is 71.3 Å². The van der Waals surface area contributed by atoms with E-state index in [-0.39, 0.29) is 24.0 Å². The largest absolute Gasteiger partial charge is 0.379 e. The van der Waals surface area contributed by atoms with E-state index in [9.17, 15) is 0 Å². The summed E-state index contributed by atoms with van der Waals surface area (Å²) in [6, 6.07) is 19.4. The Kier molecular flexibility index (Phi) is 10.9. The summed E-state index contributed by atoms with van der Waals surface area (Å²) in [6.45, 7) is 10.8. The molecule has 2 aromatic carbocycles. The van der Waals surface area contributed by atoms with Crippen molar-refractivity contribution in [3.63, 3.8) is 0 Å². The van der Waals surface area contributed by atoms with Gasteiger partial charge in [-0.3, -0.25) is 4.90 Å². The minimum Gasteiger partial charge on any atom is -0.379 e. The van der Waals surface area contributed by atoms with Gasteiger partial charge >= 0.3 is 0 Å². The van der Waals surface area contributed by atoms with Crippen molar-refractivity contribution in [3.8, 4) is 0 Å². The van der Waals surface area contributed by atoms with Crippen LogP contribution >= 0.6 is 24.0 Å². The molecule has 2 aliphatic heterocycles. The lowest BCUT2D eigenvalue weighted by atomic mass is 10.1. The van der Waals surface area contributed by atoms with E-state index in [1.165, 1.54) is 23.1 Å². The number of morpholine rings is 1. The number of guanidine groups is 1. The second-order valence-corrected chi connectivity index (χ2v) is 8.45. The molecule has 2 aromatic rings. The van der Waals surface area contributed by atoms with E-state index in [1.807, 2.05) is 18.2 Å². The highest BCUT2D eigenvalue weighted by Crippen LogP contribution is 2.18. The van der Waals surface area contributed by atoms with Gasteiger partial charge in [0.25, 0.3) is 0 Å². The fourth-order valence-corrected chi connectivity index (χ4v) is 4.47. The topological polar surface area (TPSA) is 49.3 Å². The average Bonchev–Trinajstić information content (AvgIpc) is 3.34. The number of hydrogen-bond donors (Lipinski definition) is 1. The lowest BCUT2D eigenvalue weighted by molar-refractivity contribution is 0.0195. The molecule has 0 spiro atoms. The Labute approximate surface area is 215 Å². The molecule has 4 rings (SSSR count). The van der Waals surface area contributed by atoms with Crippen LogP contribution in [0.25, 0.3) is 0 Å². The number of nitrogens with one attached hydrogen (secondary N) is 1. The monoisotopic (exact) mass is 564 g/mol. The summed E-state index contributed by atoms with van der Waals surface area (Å²) in [6.07, 6.45) is 1.19. The van der Waals surface area contributed by atoms with Crippen molar-refractivity contribution in [1.29, 1.82) is 0 Å². The predicted octanol–water partition coefficient (Wildman–Crippen LogP) is 3.89. The lowest BCUT2D eigenvalue weighted by Crippen LogP contribution is -2.46. The first-order chi connectivity index (χ1) is 15.8. The zero-order chi connectivity index (χ0) is 22.0. The van der Waals surface area contributed by atoms with Crippen molar-refractivity contribution in [2.45, 2.75) is 39.1 Å². The van der Waals surface area contributed by atoms with Crippen LogP contribution in [0.15, 0.2) is 59.6 Å². The first-order valence-corrected chi connectivity index (χ1v) is 11.9. The van der Waals surface area contributed by atoms with Gasteiger partial charge < -0.3 is 19.7 Å². The number of rotatable bonds is 8. The summed E-state index contributed by atoms with van der Waals surface area (Å²) in [4.78, 5) is 10.00. The van der Waals surface area contributed by atoms with Gasteiger partial charge in [0, 0.05) is 38.8 Å². The van der Waals surface area contributed by atoms with Crippen LogP contribution in [0.4, 0.5) is 0 Å². The van der Waals surface area contributed by atoms with Gasteiger partial charge in [-0.15, -0.1) is 24.0 Å². The number of likely N-dealkylation sites (tertiary alicyclic amines) is 1. The van der Waals surface area contributed by atoms with E-state index >= 15 is 0 Å². The van der Waals surface area contributed by atoms with E-state index in [0.29, 0.717) is 25.8 Å². The third kappa shape index (κ3) is 7.67. The molecule has 7 heteroatoms. The number of nitrogens with zero attached hydrogens (tertiary/aromatic N) is 3. The summed E-state index contributed by atoms with van der Waals surface area (Å²) in [5.41, 5.74) is 3.62. The number of benzene rings is 2. The Balaban J connectivity index is 0.00000306. The molecule has 1 N–H and O–H groups in total. The third-order valence-corrected chi connectivity index (χ3v) is 6.25. The van der Waals surface area contributed by atoms with Crippen molar-refractivity contribution < 1.29 is 9.47 Å². The van der Waals surface area contributed by atoms with Crippen LogP contribution in [0.1, 0.15) is 30.0 Å². The molecule has 0 aliphatic carbocycles. The average molecular weight is 565 g/mol. The Hall–Kier alpha value is -1.68. The van der Waals surface area contributed by atoms with Gasteiger partial charge in [0.2, 0.25) is 0 Å². The smallest absolute Gasteiger partial charge is 0.194 e. The van der Waals surface area contributed by atoms with Gasteiger partial charge in [-0.2, -0.15) is 0 Å². The number of aliphatic imine (C=N–C) groups is 1. The van der Waals surface area contributed by atoms with Crippen LogP contribution in [0.5, 0.6) is 0 Å². The van der Waals surface area contributed by atoms with Gasteiger partial charge in [-0.1, -0.05) is 54.6 Å². The Morgan fingerprint density at radius 3 is 2.48 bits per heavy atom. The molecule has 0 bridgehead atoms. The fourth-order valence-electron chi connectivity index (χ4n) is 4.47. The van der Waals surface area contributed by atoms with Crippen molar-refractivity contribution in [1.82, 2.24) is 15.1 Å². The second-order valence-electron chi connectivity index (χ2n) is 8.45. The van der Waals surface area contributed by atoms with Crippen LogP contribution in [0.2, 0.25) is 0 Å². The van der Waals surface area contributed by atoms with Crippen molar-refractivity contribution in [2.24, 2.45) is 4.99 Å². The molecule has 0 radical (unpaired) electrons. The quantitative estimate of drug-likeness (QED) is 0.300. The summed E-state index contributed by atoms with van der Waals surface area (Å²) < 4.78 is 11.5. The minimum absolute atomic E-state index is 0. The maximum absolute atomic E-state index is 5.99. The van der Waals surface area contributed by atoms with E-state index in [4.69, 9.17) is 14.5 Å². The highest BCUT2D eigenvalue weighted by atomic mass is 127. The second kappa shape index (κ2) is 13.9. The first kappa shape index (κ1) is 25.9. The Bertz CT molecular complexity index is 858. The van der Waals surface area contributed by atoms with E-state index in [0.717, 1.165) is 51.9 Å². The van der Waals surface area contributed by atoms with Crippen LogP contribution < -0.4 is 5.32 Å². The molecule has 1 atom stereocenters. The lowest BCUT2D eigenvalue weighted by Gasteiger charge is -2.32. The fraction of sp³-hybridized carbons (Fsp3) is 0.500. The maximum Gasteiger partial charge on any atom is 0.194 e. The summed E-state index contributed by atoms with van der Waals surface area (Å²) in [5.74, 6) is 1.02. The molecule has 180 valence electrons. The summed E-state index contributed by atoms with van der Waals surface area (Å²) in [5, 5.41) is 3.50. The van der Waals surface area contributed by atoms with Gasteiger partial charge in [0.1, 0.15) is 0 Å². The molecule has 1 unspecified atom stereocenters. The molecular weight excluding hydrogens is 527 g/mol. The molecule has 2 saturated heterocycles. The molecule has 2 fully saturated rings. The number of halogens is 1. The van der Waals surface area contributed by atoms with Crippen molar-refractivity contribution in [2.75, 3.05) is 45.9 Å². The molecule has 0 aromatic heterocycles. The number of hydrogen-bond acceptors (Lipinski definition) is 4. The van der Waals surface area contributed by atoms with E-state index in [1.54, 1.807) is 0 Å². The van der Waals surface area contributed by atoms with E-state index in [2.05, 4.69) is 58.4 Å². The SMILES string of the molecule is CCNC(=NCc1ccccc1COCc1ccccc1)N1CCC(N2CCOCC2)C1.I. The zero-order valence-electron chi connectivity index (χ0n) is 19.6. The summed E-state index contributed by atoms with van der Waals surface area (Å²) >= 11 is 0. The zero-order valence-corrected chi connectivity index (χ0v) is 21.9. The predicted molar refractivity (Wildman–Crippen MR) is 144 cm³/mol. The van der Waals surface area contributed by atoms with Crippen LogP contribution in [-0.2, 0) is 29.2 Å². The molecule has 2 aliphatic rings. The van der Waals surface area contributed by atoms with Gasteiger partial charge in [0.05, 0.1) is 33.0 Å². The number of ether oxygens (including phenoxy) is 2. The summed E-state index contributed by atoms with van der Waals surface area (Å²) in [7, 11) is 0. The van der Waals surface area contributed by atoms with Gasteiger partial charge in [-0.05, 0) is 30.0 Å². The maximum atomic E-state index is 5.99. The molecule has 0 amide bonds.